The molecule has 4 aromatic rings. The van der Waals surface area contributed by atoms with E-state index in [9.17, 15) is 5.11 Å². The number of hydrogen-bond donors (Lipinski definition) is 3. The van der Waals surface area contributed by atoms with E-state index in [0.717, 1.165) is 27.5 Å². The van der Waals surface area contributed by atoms with Crippen LogP contribution in [0.1, 0.15) is 18.1 Å². The topological polar surface area (TPSA) is 108 Å². The lowest BCUT2D eigenvalue weighted by atomic mass is 10.2. The van der Waals surface area contributed by atoms with Crippen molar-refractivity contribution in [1.82, 2.24) is 20.2 Å². The molecule has 2 aromatic carbocycles. The second-order valence-corrected chi connectivity index (χ2v) is 7.01. The van der Waals surface area contributed by atoms with E-state index >= 15 is 0 Å². The summed E-state index contributed by atoms with van der Waals surface area (Å²) < 4.78 is 5.93. The number of fused-ring (bicyclic) bond motifs is 3. The van der Waals surface area contributed by atoms with Gasteiger partial charge in [-0.15, -0.1) is 10.2 Å². The van der Waals surface area contributed by atoms with Crippen LogP contribution in [0.25, 0.3) is 22.1 Å². The van der Waals surface area contributed by atoms with Gasteiger partial charge in [-0.3, -0.25) is 0 Å². The van der Waals surface area contributed by atoms with Crippen molar-refractivity contribution in [3.63, 3.8) is 0 Å². The molecule has 3 N–H and O–H groups in total. The number of phenolic OH excluding ortho intramolecular Hbond substituents is 1. The molecule has 0 fully saturated rings. The summed E-state index contributed by atoms with van der Waals surface area (Å²) >= 11 is 3.30. The number of rotatable bonds is 5. The predicted octanol–water partition coefficient (Wildman–Crippen LogP) is 4.13. The van der Waals surface area contributed by atoms with E-state index in [1.165, 1.54) is 0 Å². The van der Waals surface area contributed by atoms with Crippen molar-refractivity contribution in [2.45, 2.75) is 13.8 Å². The van der Waals surface area contributed by atoms with E-state index in [-0.39, 0.29) is 11.7 Å². The third-order valence-corrected chi connectivity index (χ3v) is 4.70. The fourth-order valence-electron chi connectivity index (χ4n) is 2.83. The van der Waals surface area contributed by atoms with Crippen LogP contribution in [0.3, 0.4) is 0 Å². The maximum atomic E-state index is 9.97. The summed E-state index contributed by atoms with van der Waals surface area (Å²) in [6.07, 6.45) is 1.58. The van der Waals surface area contributed by atoms with Crippen molar-refractivity contribution in [1.29, 1.82) is 0 Å². The molecule has 0 bridgehead atoms. The molecule has 142 valence electrons. The van der Waals surface area contributed by atoms with Crippen LogP contribution < -0.4 is 10.2 Å². The molecule has 2 aromatic heterocycles. The molecule has 0 radical (unpaired) electrons. The third kappa shape index (κ3) is 3.48. The molecule has 0 spiro atoms. The van der Waals surface area contributed by atoms with E-state index in [2.05, 4.69) is 52.7 Å². The normalized spacial score (nSPS) is 11.5. The zero-order chi connectivity index (χ0) is 19.7. The number of aromatic hydroxyl groups is 1. The SMILES string of the molecule is CCOc1cc(/C=N/Nc2nnc3c(n2)[nH]c2ccc(C)cc23)cc(Br)c1O. The fraction of sp³-hybridized carbons (Fsp3) is 0.158. The van der Waals surface area contributed by atoms with Crippen LogP contribution in [0.15, 0.2) is 39.9 Å². The fourth-order valence-corrected chi connectivity index (χ4v) is 3.29. The van der Waals surface area contributed by atoms with Gasteiger partial charge in [-0.1, -0.05) is 11.6 Å². The Morgan fingerprint density at radius 2 is 2.14 bits per heavy atom. The summed E-state index contributed by atoms with van der Waals surface area (Å²) in [6.45, 7) is 4.33. The lowest BCUT2D eigenvalue weighted by molar-refractivity contribution is 0.317. The van der Waals surface area contributed by atoms with Gasteiger partial charge in [0.15, 0.2) is 17.1 Å². The molecule has 4 rings (SSSR count). The molecular weight excluding hydrogens is 424 g/mol. The zero-order valence-electron chi connectivity index (χ0n) is 15.2. The van der Waals surface area contributed by atoms with Gasteiger partial charge in [-0.2, -0.15) is 10.1 Å². The summed E-state index contributed by atoms with van der Waals surface area (Å²) in [5.74, 6) is 0.708. The van der Waals surface area contributed by atoms with Gasteiger partial charge in [-0.05, 0) is 59.6 Å². The van der Waals surface area contributed by atoms with Crippen LogP contribution in [-0.2, 0) is 0 Å². The second-order valence-electron chi connectivity index (χ2n) is 6.16. The Labute approximate surface area is 168 Å². The molecule has 0 aliphatic carbocycles. The number of phenols is 1. The van der Waals surface area contributed by atoms with Gasteiger partial charge < -0.3 is 14.8 Å². The number of aryl methyl sites for hydroxylation is 1. The predicted molar refractivity (Wildman–Crippen MR) is 112 cm³/mol. The molecule has 0 aliphatic heterocycles. The molecule has 2 heterocycles. The Morgan fingerprint density at radius 3 is 2.96 bits per heavy atom. The highest BCUT2D eigenvalue weighted by Crippen LogP contribution is 2.35. The van der Waals surface area contributed by atoms with Gasteiger partial charge in [0.05, 0.1) is 17.3 Å². The molecule has 0 saturated heterocycles. The summed E-state index contributed by atoms with van der Waals surface area (Å²) in [6, 6.07) is 9.50. The Morgan fingerprint density at radius 1 is 1.29 bits per heavy atom. The molecular formula is C19H17BrN6O2. The lowest BCUT2D eigenvalue weighted by Gasteiger charge is -2.08. The van der Waals surface area contributed by atoms with Gasteiger partial charge in [0.2, 0.25) is 0 Å². The first-order valence-electron chi connectivity index (χ1n) is 8.62. The number of hydrogen-bond acceptors (Lipinski definition) is 7. The van der Waals surface area contributed by atoms with Gasteiger partial charge in [0, 0.05) is 10.9 Å². The van der Waals surface area contributed by atoms with Crippen LogP contribution in [-0.4, -0.2) is 38.1 Å². The monoisotopic (exact) mass is 440 g/mol. The van der Waals surface area contributed by atoms with Crippen LogP contribution in [0.5, 0.6) is 11.5 Å². The summed E-state index contributed by atoms with van der Waals surface area (Å²) in [5.41, 5.74) is 6.97. The second kappa shape index (κ2) is 7.43. The Bertz CT molecular complexity index is 1200. The molecule has 0 amide bonds. The minimum atomic E-state index is 0.0546. The number of nitrogens with zero attached hydrogens (tertiary/aromatic N) is 4. The molecule has 9 heteroatoms. The molecule has 0 saturated carbocycles. The van der Waals surface area contributed by atoms with Crippen LogP contribution in [0.4, 0.5) is 5.95 Å². The highest BCUT2D eigenvalue weighted by molar-refractivity contribution is 9.10. The van der Waals surface area contributed by atoms with Gasteiger partial charge in [0.25, 0.3) is 5.95 Å². The highest BCUT2D eigenvalue weighted by Gasteiger charge is 2.10. The maximum Gasteiger partial charge on any atom is 0.265 e. The number of hydrazone groups is 1. The average molecular weight is 441 g/mol. The van der Waals surface area contributed by atoms with E-state index in [4.69, 9.17) is 4.74 Å². The minimum absolute atomic E-state index is 0.0546. The van der Waals surface area contributed by atoms with Crippen LogP contribution in [0, 0.1) is 6.92 Å². The van der Waals surface area contributed by atoms with Crippen molar-refractivity contribution < 1.29 is 9.84 Å². The van der Waals surface area contributed by atoms with Crippen molar-refractivity contribution in [3.05, 3.63) is 45.9 Å². The van der Waals surface area contributed by atoms with E-state index in [1.54, 1.807) is 18.3 Å². The summed E-state index contributed by atoms with van der Waals surface area (Å²) in [5, 5.41) is 23.5. The quantitative estimate of drug-likeness (QED) is 0.318. The molecule has 0 aliphatic rings. The third-order valence-electron chi connectivity index (χ3n) is 4.10. The number of halogens is 1. The number of benzene rings is 2. The minimum Gasteiger partial charge on any atom is -0.503 e. The number of nitrogens with one attached hydrogen (secondary N) is 2. The molecule has 0 unspecified atom stereocenters. The molecule has 0 atom stereocenters. The smallest absolute Gasteiger partial charge is 0.265 e. The van der Waals surface area contributed by atoms with E-state index in [1.807, 2.05) is 26.0 Å². The molecule has 8 nitrogen and oxygen atoms in total. The highest BCUT2D eigenvalue weighted by atomic mass is 79.9. The Balaban J connectivity index is 1.58. The number of aromatic amines is 1. The van der Waals surface area contributed by atoms with Gasteiger partial charge in [-0.25, -0.2) is 5.43 Å². The Hall–Kier alpha value is -3.20. The van der Waals surface area contributed by atoms with Gasteiger partial charge >= 0.3 is 0 Å². The van der Waals surface area contributed by atoms with Crippen molar-refractivity contribution in [3.8, 4) is 11.5 Å². The largest absolute Gasteiger partial charge is 0.503 e. The first kappa shape index (κ1) is 18.2. The first-order valence-corrected chi connectivity index (χ1v) is 9.41. The van der Waals surface area contributed by atoms with E-state index < -0.39 is 0 Å². The Kier molecular flexibility index (Phi) is 4.82. The van der Waals surface area contributed by atoms with Crippen molar-refractivity contribution in [2.75, 3.05) is 12.0 Å². The number of ether oxygens (including phenoxy) is 1. The number of anilines is 1. The molecule has 28 heavy (non-hydrogen) atoms. The standard InChI is InChI=1S/C19H17BrN6O2/c1-3-28-15-8-11(7-13(20)17(15)27)9-21-25-19-23-18-16(24-26-19)12-6-10(2)4-5-14(12)22-18/h4-9,27H,3H2,1-2H3,(H2,22,23,25,26)/b21-9+. The first-order chi connectivity index (χ1) is 13.5. The average Bonchev–Trinajstić information content (AvgIpc) is 3.03. The van der Waals surface area contributed by atoms with Crippen LogP contribution >= 0.6 is 15.9 Å². The number of aromatic nitrogens is 4. The maximum absolute atomic E-state index is 9.97. The van der Waals surface area contributed by atoms with Crippen LogP contribution in [0.2, 0.25) is 0 Å². The summed E-state index contributed by atoms with van der Waals surface area (Å²) in [4.78, 5) is 7.66. The number of H-pyrrole nitrogens is 1. The van der Waals surface area contributed by atoms with Crippen molar-refractivity contribution in [2.24, 2.45) is 5.10 Å². The summed E-state index contributed by atoms with van der Waals surface area (Å²) in [7, 11) is 0. The van der Waals surface area contributed by atoms with Crippen molar-refractivity contribution >= 4 is 50.2 Å². The van der Waals surface area contributed by atoms with Gasteiger partial charge in [0.1, 0.15) is 5.52 Å². The zero-order valence-corrected chi connectivity index (χ0v) is 16.8. The lowest BCUT2D eigenvalue weighted by Crippen LogP contribution is -1.99. The van der Waals surface area contributed by atoms with E-state index in [0.29, 0.717) is 22.5 Å².